The van der Waals surface area contributed by atoms with Crippen LogP contribution in [0, 0.1) is 10.8 Å². The quantitative estimate of drug-likeness (QED) is 0.536. The lowest BCUT2D eigenvalue weighted by atomic mass is 9.83. The van der Waals surface area contributed by atoms with Crippen molar-refractivity contribution >= 4 is 0 Å². The highest BCUT2D eigenvalue weighted by atomic mass is 15.2. The van der Waals surface area contributed by atoms with Crippen molar-refractivity contribution in [2.75, 3.05) is 13.1 Å². The van der Waals surface area contributed by atoms with Crippen LogP contribution in [-0.2, 0) is 0 Å². The molecular formula is C11H21N. The molecule has 2 saturated heterocycles. The van der Waals surface area contributed by atoms with Gasteiger partial charge in [-0.1, -0.05) is 27.7 Å². The van der Waals surface area contributed by atoms with Crippen molar-refractivity contribution in [1.82, 2.24) is 4.90 Å². The number of rotatable bonds is 0. The van der Waals surface area contributed by atoms with Crippen LogP contribution in [-0.4, -0.2) is 24.0 Å². The lowest BCUT2D eigenvalue weighted by molar-refractivity contribution is 0.258. The molecule has 0 aliphatic carbocycles. The van der Waals surface area contributed by atoms with Crippen LogP contribution in [0.4, 0.5) is 0 Å². The molecule has 0 amide bonds. The number of nitrogens with zero attached hydrogens (tertiary/aromatic N) is 1. The Morgan fingerprint density at radius 1 is 0.917 bits per heavy atom. The third-order valence-electron chi connectivity index (χ3n) is 3.36. The number of hydrogen-bond donors (Lipinski definition) is 0. The van der Waals surface area contributed by atoms with Gasteiger partial charge in [0.2, 0.25) is 0 Å². The summed E-state index contributed by atoms with van der Waals surface area (Å²) in [7, 11) is 0. The molecule has 0 unspecified atom stereocenters. The summed E-state index contributed by atoms with van der Waals surface area (Å²) in [5.41, 5.74) is 1.17. The highest BCUT2D eigenvalue weighted by Gasteiger charge is 2.45. The second kappa shape index (κ2) is 2.25. The van der Waals surface area contributed by atoms with Gasteiger partial charge in [-0.05, 0) is 23.7 Å². The van der Waals surface area contributed by atoms with Gasteiger partial charge in [-0.15, -0.1) is 0 Å². The molecule has 1 heteroatoms. The molecule has 1 nitrogen and oxygen atoms in total. The Kier molecular flexibility index (Phi) is 1.61. The highest BCUT2D eigenvalue weighted by Crippen LogP contribution is 2.45. The van der Waals surface area contributed by atoms with Gasteiger partial charge in [-0.3, -0.25) is 4.90 Å². The van der Waals surface area contributed by atoms with Crippen molar-refractivity contribution < 1.29 is 0 Å². The predicted molar refractivity (Wildman–Crippen MR) is 52.2 cm³/mol. The third-order valence-corrected chi connectivity index (χ3v) is 3.36. The van der Waals surface area contributed by atoms with E-state index < -0.39 is 0 Å². The summed E-state index contributed by atoms with van der Waals surface area (Å²) in [6, 6.07) is 0.898. The minimum atomic E-state index is 0.584. The van der Waals surface area contributed by atoms with Gasteiger partial charge in [-0.25, -0.2) is 0 Å². The van der Waals surface area contributed by atoms with Crippen LogP contribution in [0.1, 0.15) is 40.5 Å². The fourth-order valence-corrected chi connectivity index (χ4v) is 3.15. The second-order valence-corrected chi connectivity index (χ2v) is 6.30. The van der Waals surface area contributed by atoms with Crippen LogP contribution in [0.25, 0.3) is 0 Å². The van der Waals surface area contributed by atoms with Crippen molar-refractivity contribution in [3.8, 4) is 0 Å². The molecule has 70 valence electrons. The average Bonchev–Trinajstić information content (AvgIpc) is 2.12. The normalized spacial score (nSPS) is 34.0. The van der Waals surface area contributed by atoms with Crippen molar-refractivity contribution in [2.45, 2.75) is 46.6 Å². The molecule has 0 bridgehead atoms. The molecule has 2 fully saturated rings. The standard InChI is InChI=1S/C11H21N/c1-10(2)5-9-6-11(3,4)8-12(9)7-10/h9H,5-8H2,1-4H3. The van der Waals surface area contributed by atoms with Gasteiger partial charge in [0.05, 0.1) is 0 Å². The molecule has 2 aliphatic rings. The predicted octanol–water partition coefficient (Wildman–Crippen LogP) is 2.52. The fourth-order valence-electron chi connectivity index (χ4n) is 3.15. The Morgan fingerprint density at radius 2 is 1.33 bits per heavy atom. The molecule has 2 aliphatic heterocycles. The molecule has 0 spiro atoms. The smallest absolute Gasteiger partial charge is 0.0107 e. The van der Waals surface area contributed by atoms with Crippen LogP contribution < -0.4 is 0 Å². The van der Waals surface area contributed by atoms with Crippen LogP contribution in [0.2, 0.25) is 0 Å². The second-order valence-electron chi connectivity index (χ2n) is 6.30. The van der Waals surface area contributed by atoms with Gasteiger partial charge in [0.1, 0.15) is 0 Å². The Bertz CT molecular complexity index is 155. The fraction of sp³-hybridized carbons (Fsp3) is 1.00. The zero-order valence-electron chi connectivity index (χ0n) is 8.85. The third kappa shape index (κ3) is 1.39. The molecule has 2 heterocycles. The summed E-state index contributed by atoms with van der Waals surface area (Å²) in [6.07, 6.45) is 2.83. The molecule has 0 aromatic rings. The van der Waals surface area contributed by atoms with E-state index in [1.54, 1.807) is 0 Å². The topological polar surface area (TPSA) is 3.24 Å². The largest absolute Gasteiger partial charge is 0.299 e. The van der Waals surface area contributed by atoms with Crippen LogP contribution in [0.5, 0.6) is 0 Å². The SMILES string of the molecule is CC1(C)CC2CC(C)(C)CN2C1. The summed E-state index contributed by atoms with van der Waals surface area (Å²) in [6.45, 7) is 12.2. The van der Waals surface area contributed by atoms with Gasteiger partial charge < -0.3 is 0 Å². The van der Waals surface area contributed by atoms with E-state index in [0.717, 1.165) is 6.04 Å². The Labute approximate surface area is 76.1 Å². The van der Waals surface area contributed by atoms with Gasteiger partial charge in [0.25, 0.3) is 0 Å². The van der Waals surface area contributed by atoms with Gasteiger partial charge >= 0.3 is 0 Å². The Balaban J connectivity index is 2.07. The van der Waals surface area contributed by atoms with Crippen LogP contribution in [0.3, 0.4) is 0 Å². The van der Waals surface area contributed by atoms with E-state index in [0.29, 0.717) is 10.8 Å². The summed E-state index contributed by atoms with van der Waals surface area (Å²) in [5, 5.41) is 0. The van der Waals surface area contributed by atoms with E-state index in [1.807, 2.05) is 0 Å². The van der Waals surface area contributed by atoms with E-state index >= 15 is 0 Å². The molecule has 0 aromatic carbocycles. The number of hydrogen-bond acceptors (Lipinski definition) is 1. The maximum absolute atomic E-state index is 2.69. The Hall–Kier alpha value is -0.0400. The van der Waals surface area contributed by atoms with Gasteiger partial charge in [0.15, 0.2) is 0 Å². The first-order chi connectivity index (χ1) is 5.38. The first kappa shape index (κ1) is 8.55. The zero-order valence-corrected chi connectivity index (χ0v) is 8.85. The van der Waals surface area contributed by atoms with Crippen molar-refractivity contribution in [2.24, 2.45) is 10.8 Å². The molecule has 2 rings (SSSR count). The van der Waals surface area contributed by atoms with Crippen LogP contribution >= 0.6 is 0 Å². The average molecular weight is 167 g/mol. The number of fused-ring (bicyclic) bond motifs is 1. The first-order valence-electron chi connectivity index (χ1n) is 5.12. The lowest BCUT2D eigenvalue weighted by Gasteiger charge is -2.23. The summed E-state index contributed by atoms with van der Waals surface area (Å²) >= 11 is 0. The van der Waals surface area contributed by atoms with Gasteiger partial charge in [-0.2, -0.15) is 0 Å². The summed E-state index contributed by atoms with van der Waals surface area (Å²) in [4.78, 5) is 2.69. The lowest BCUT2D eigenvalue weighted by Crippen LogP contribution is -2.27. The van der Waals surface area contributed by atoms with Crippen LogP contribution in [0.15, 0.2) is 0 Å². The monoisotopic (exact) mass is 167 g/mol. The molecule has 0 saturated carbocycles. The first-order valence-corrected chi connectivity index (χ1v) is 5.12. The summed E-state index contributed by atoms with van der Waals surface area (Å²) in [5.74, 6) is 0. The zero-order chi connectivity index (χ0) is 8.98. The minimum Gasteiger partial charge on any atom is -0.299 e. The van der Waals surface area contributed by atoms with E-state index in [9.17, 15) is 0 Å². The molecular weight excluding hydrogens is 146 g/mol. The molecule has 0 N–H and O–H groups in total. The van der Waals surface area contributed by atoms with Gasteiger partial charge in [0, 0.05) is 19.1 Å². The minimum absolute atomic E-state index is 0.584. The highest BCUT2D eigenvalue weighted by molar-refractivity contribution is 4.99. The van der Waals surface area contributed by atoms with E-state index in [1.165, 1.54) is 25.9 Å². The maximum atomic E-state index is 2.69. The molecule has 12 heavy (non-hydrogen) atoms. The van der Waals surface area contributed by atoms with Crippen molar-refractivity contribution in [3.05, 3.63) is 0 Å². The molecule has 0 aromatic heterocycles. The maximum Gasteiger partial charge on any atom is 0.0107 e. The van der Waals surface area contributed by atoms with E-state index in [2.05, 4.69) is 32.6 Å². The van der Waals surface area contributed by atoms with Crippen molar-refractivity contribution in [3.63, 3.8) is 0 Å². The van der Waals surface area contributed by atoms with E-state index in [-0.39, 0.29) is 0 Å². The summed E-state index contributed by atoms with van der Waals surface area (Å²) < 4.78 is 0. The van der Waals surface area contributed by atoms with Crippen molar-refractivity contribution in [1.29, 1.82) is 0 Å². The van der Waals surface area contributed by atoms with E-state index in [4.69, 9.17) is 0 Å². The molecule has 0 radical (unpaired) electrons. The molecule has 0 atom stereocenters. The Morgan fingerprint density at radius 3 is 1.67 bits per heavy atom.